The molecule has 88 valence electrons. The van der Waals surface area contributed by atoms with Gasteiger partial charge in [0.15, 0.2) is 0 Å². The van der Waals surface area contributed by atoms with Gasteiger partial charge in [-0.25, -0.2) is 4.98 Å². The van der Waals surface area contributed by atoms with Crippen molar-refractivity contribution in [2.24, 2.45) is 0 Å². The van der Waals surface area contributed by atoms with E-state index >= 15 is 0 Å². The van der Waals surface area contributed by atoms with Gasteiger partial charge < -0.3 is 10.6 Å². The summed E-state index contributed by atoms with van der Waals surface area (Å²) in [7, 11) is 1.86. The molecule has 0 aliphatic rings. The molecule has 0 amide bonds. The van der Waals surface area contributed by atoms with E-state index in [-0.39, 0.29) is 0 Å². The summed E-state index contributed by atoms with van der Waals surface area (Å²) in [4.78, 5) is 4.18. The van der Waals surface area contributed by atoms with Crippen LogP contribution in [-0.2, 0) is 0 Å². The first kappa shape index (κ1) is 11.9. The number of halogens is 1. The molecule has 0 radical (unpaired) electrons. The Morgan fingerprint density at radius 1 is 1.18 bits per heavy atom. The molecular weight excluding hydrogens is 278 g/mol. The fourth-order valence-corrected chi connectivity index (χ4v) is 2.04. The molecule has 1 aromatic heterocycles. The van der Waals surface area contributed by atoms with Crippen molar-refractivity contribution in [2.45, 2.75) is 6.92 Å². The van der Waals surface area contributed by atoms with Crippen molar-refractivity contribution < 1.29 is 0 Å². The molecule has 2 N–H and O–H groups in total. The Kier molecular flexibility index (Phi) is 3.64. The number of pyridine rings is 1. The SMILES string of the molecule is CNc1cc(Nc2ccc(Br)cc2C)ccn1. The van der Waals surface area contributed by atoms with Crippen molar-refractivity contribution in [2.75, 3.05) is 17.7 Å². The summed E-state index contributed by atoms with van der Waals surface area (Å²) in [5, 5.41) is 6.39. The molecule has 0 aliphatic carbocycles. The molecule has 1 aromatic carbocycles. The van der Waals surface area contributed by atoms with Crippen molar-refractivity contribution in [3.63, 3.8) is 0 Å². The number of anilines is 3. The summed E-state index contributed by atoms with van der Waals surface area (Å²) >= 11 is 3.46. The summed E-state index contributed by atoms with van der Waals surface area (Å²) in [6, 6.07) is 10.1. The molecule has 0 saturated carbocycles. The fourth-order valence-electron chi connectivity index (χ4n) is 1.57. The van der Waals surface area contributed by atoms with Crippen LogP contribution in [0.1, 0.15) is 5.56 Å². The minimum atomic E-state index is 0.852. The maximum atomic E-state index is 4.18. The zero-order chi connectivity index (χ0) is 12.3. The number of nitrogens with one attached hydrogen (secondary N) is 2. The molecule has 4 heteroatoms. The quantitative estimate of drug-likeness (QED) is 0.899. The van der Waals surface area contributed by atoms with Gasteiger partial charge in [0.25, 0.3) is 0 Å². The van der Waals surface area contributed by atoms with Crippen LogP contribution >= 0.6 is 15.9 Å². The van der Waals surface area contributed by atoms with E-state index in [9.17, 15) is 0 Å². The monoisotopic (exact) mass is 291 g/mol. The molecule has 2 aromatic rings. The second kappa shape index (κ2) is 5.19. The lowest BCUT2D eigenvalue weighted by Gasteiger charge is -2.10. The average molecular weight is 292 g/mol. The van der Waals surface area contributed by atoms with Gasteiger partial charge in [-0.05, 0) is 36.8 Å². The van der Waals surface area contributed by atoms with Crippen molar-refractivity contribution in [3.05, 3.63) is 46.6 Å². The van der Waals surface area contributed by atoms with Crippen LogP contribution in [0.3, 0.4) is 0 Å². The van der Waals surface area contributed by atoms with Crippen molar-refractivity contribution >= 4 is 33.1 Å². The summed E-state index contributed by atoms with van der Waals surface area (Å²) in [5.41, 5.74) is 3.32. The Labute approximate surface area is 109 Å². The van der Waals surface area contributed by atoms with E-state index in [0.29, 0.717) is 0 Å². The van der Waals surface area contributed by atoms with Gasteiger partial charge in [-0.15, -0.1) is 0 Å². The Hall–Kier alpha value is -1.55. The van der Waals surface area contributed by atoms with Crippen LogP contribution in [0.5, 0.6) is 0 Å². The minimum absolute atomic E-state index is 0.852. The standard InChI is InChI=1S/C13H14BrN3/c1-9-7-10(14)3-4-12(9)17-11-5-6-16-13(8-11)15-2/h3-8H,1-2H3,(H2,15,16,17). The third-order valence-electron chi connectivity index (χ3n) is 2.48. The Bertz CT molecular complexity index is 526. The topological polar surface area (TPSA) is 37.0 Å². The zero-order valence-electron chi connectivity index (χ0n) is 9.79. The molecule has 0 unspecified atom stereocenters. The van der Waals surface area contributed by atoms with Crippen LogP contribution < -0.4 is 10.6 Å². The van der Waals surface area contributed by atoms with Gasteiger partial charge in [0.1, 0.15) is 5.82 Å². The fraction of sp³-hybridized carbons (Fsp3) is 0.154. The van der Waals surface area contributed by atoms with E-state index in [1.807, 2.05) is 25.2 Å². The molecule has 0 spiro atoms. The highest BCUT2D eigenvalue weighted by Gasteiger charge is 2.00. The molecule has 0 atom stereocenters. The van der Waals surface area contributed by atoms with Crippen LogP contribution in [0.15, 0.2) is 41.0 Å². The summed E-state index contributed by atoms with van der Waals surface area (Å²) in [6.45, 7) is 2.08. The number of aromatic nitrogens is 1. The number of rotatable bonds is 3. The number of benzene rings is 1. The Morgan fingerprint density at radius 3 is 2.71 bits per heavy atom. The maximum Gasteiger partial charge on any atom is 0.127 e. The van der Waals surface area contributed by atoms with Gasteiger partial charge in [0.05, 0.1) is 0 Å². The Morgan fingerprint density at radius 2 is 2.00 bits per heavy atom. The first-order valence-corrected chi connectivity index (χ1v) is 6.15. The predicted octanol–water partition coefficient (Wildman–Crippen LogP) is 3.94. The van der Waals surface area contributed by atoms with Gasteiger partial charge in [-0.2, -0.15) is 0 Å². The number of nitrogens with zero attached hydrogens (tertiary/aromatic N) is 1. The summed E-state index contributed by atoms with van der Waals surface area (Å²) in [6.07, 6.45) is 1.78. The molecule has 0 bridgehead atoms. The third-order valence-corrected chi connectivity index (χ3v) is 2.98. The first-order chi connectivity index (χ1) is 8.19. The zero-order valence-corrected chi connectivity index (χ0v) is 11.4. The van der Waals surface area contributed by atoms with Crippen LogP contribution in [0.2, 0.25) is 0 Å². The van der Waals surface area contributed by atoms with Crippen LogP contribution in [0.4, 0.5) is 17.2 Å². The van der Waals surface area contributed by atoms with Crippen molar-refractivity contribution in [3.8, 4) is 0 Å². The molecule has 0 aliphatic heterocycles. The molecule has 3 nitrogen and oxygen atoms in total. The molecule has 0 saturated heterocycles. The minimum Gasteiger partial charge on any atom is -0.373 e. The second-order valence-electron chi connectivity index (χ2n) is 3.76. The predicted molar refractivity (Wildman–Crippen MR) is 75.9 cm³/mol. The highest BCUT2D eigenvalue weighted by molar-refractivity contribution is 9.10. The second-order valence-corrected chi connectivity index (χ2v) is 4.68. The van der Waals surface area contributed by atoms with E-state index in [2.05, 4.69) is 50.6 Å². The third kappa shape index (κ3) is 2.97. The molecule has 0 fully saturated rings. The first-order valence-electron chi connectivity index (χ1n) is 5.36. The van der Waals surface area contributed by atoms with E-state index < -0.39 is 0 Å². The molecule has 17 heavy (non-hydrogen) atoms. The highest BCUT2D eigenvalue weighted by atomic mass is 79.9. The lowest BCUT2D eigenvalue weighted by molar-refractivity contribution is 1.28. The average Bonchev–Trinajstić information content (AvgIpc) is 2.33. The number of aryl methyl sites for hydroxylation is 1. The van der Waals surface area contributed by atoms with Crippen LogP contribution in [-0.4, -0.2) is 12.0 Å². The number of hydrogen-bond acceptors (Lipinski definition) is 3. The van der Waals surface area contributed by atoms with E-state index in [0.717, 1.165) is 21.7 Å². The van der Waals surface area contributed by atoms with Crippen LogP contribution in [0.25, 0.3) is 0 Å². The van der Waals surface area contributed by atoms with Gasteiger partial charge >= 0.3 is 0 Å². The number of hydrogen-bond donors (Lipinski definition) is 2. The lowest BCUT2D eigenvalue weighted by Crippen LogP contribution is -1.96. The smallest absolute Gasteiger partial charge is 0.127 e. The molecule has 1 heterocycles. The normalized spacial score (nSPS) is 10.1. The van der Waals surface area contributed by atoms with Crippen LogP contribution in [0, 0.1) is 6.92 Å². The summed E-state index contributed by atoms with van der Waals surface area (Å²) in [5.74, 6) is 0.852. The maximum absolute atomic E-state index is 4.18. The van der Waals surface area contributed by atoms with Gasteiger partial charge in [0, 0.05) is 35.2 Å². The van der Waals surface area contributed by atoms with Gasteiger partial charge in [-0.1, -0.05) is 15.9 Å². The largest absolute Gasteiger partial charge is 0.373 e. The van der Waals surface area contributed by atoms with Crippen molar-refractivity contribution in [1.29, 1.82) is 0 Å². The molecule has 2 rings (SSSR count). The van der Waals surface area contributed by atoms with Gasteiger partial charge in [-0.3, -0.25) is 0 Å². The lowest BCUT2D eigenvalue weighted by atomic mass is 10.2. The van der Waals surface area contributed by atoms with E-state index in [1.54, 1.807) is 6.20 Å². The Balaban J connectivity index is 2.25. The van der Waals surface area contributed by atoms with E-state index in [4.69, 9.17) is 0 Å². The van der Waals surface area contributed by atoms with E-state index in [1.165, 1.54) is 5.56 Å². The van der Waals surface area contributed by atoms with Gasteiger partial charge in [0.2, 0.25) is 0 Å². The van der Waals surface area contributed by atoms with Crippen molar-refractivity contribution in [1.82, 2.24) is 4.98 Å². The highest BCUT2D eigenvalue weighted by Crippen LogP contribution is 2.24. The summed E-state index contributed by atoms with van der Waals surface area (Å²) < 4.78 is 1.09. The molecular formula is C13H14BrN3.